The summed E-state index contributed by atoms with van der Waals surface area (Å²) >= 11 is 1.67. The SMILES string of the molecule is O=C(CCc1ccsc1)N1C[C@H]2C[C@@H](Nc3cnccn3)[C@H](O)C[C@H]2C1. The normalized spacial score (nSPS) is 28.0. The first-order chi connectivity index (χ1) is 12.7. The van der Waals surface area contributed by atoms with E-state index in [1.807, 2.05) is 4.90 Å². The van der Waals surface area contributed by atoms with Crippen molar-refractivity contribution in [2.45, 2.75) is 37.8 Å². The molecule has 6 nitrogen and oxygen atoms in total. The Morgan fingerprint density at radius 3 is 2.88 bits per heavy atom. The molecule has 2 aliphatic rings. The maximum atomic E-state index is 12.6. The topological polar surface area (TPSA) is 78.4 Å². The van der Waals surface area contributed by atoms with Crippen molar-refractivity contribution < 1.29 is 9.90 Å². The van der Waals surface area contributed by atoms with Crippen LogP contribution in [0.5, 0.6) is 0 Å². The second-order valence-corrected chi connectivity index (χ2v) is 8.11. The minimum Gasteiger partial charge on any atom is -0.391 e. The van der Waals surface area contributed by atoms with Crippen LogP contribution in [0.15, 0.2) is 35.4 Å². The smallest absolute Gasteiger partial charge is 0.222 e. The molecule has 26 heavy (non-hydrogen) atoms. The van der Waals surface area contributed by atoms with Gasteiger partial charge in [-0.1, -0.05) is 0 Å². The maximum Gasteiger partial charge on any atom is 0.222 e. The van der Waals surface area contributed by atoms with E-state index in [1.165, 1.54) is 5.56 Å². The van der Waals surface area contributed by atoms with E-state index in [0.29, 0.717) is 24.1 Å². The summed E-state index contributed by atoms with van der Waals surface area (Å²) in [5.74, 6) is 1.77. The molecule has 0 unspecified atom stereocenters. The van der Waals surface area contributed by atoms with Gasteiger partial charge in [-0.05, 0) is 53.5 Å². The minimum absolute atomic E-state index is 0.0335. The molecule has 0 aromatic carbocycles. The van der Waals surface area contributed by atoms with Gasteiger partial charge in [0.15, 0.2) is 0 Å². The van der Waals surface area contributed by atoms with Gasteiger partial charge in [-0.2, -0.15) is 11.3 Å². The van der Waals surface area contributed by atoms with Gasteiger partial charge in [0, 0.05) is 31.9 Å². The van der Waals surface area contributed by atoms with Gasteiger partial charge in [0.1, 0.15) is 5.82 Å². The molecule has 1 saturated carbocycles. The molecule has 1 aliphatic heterocycles. The molecule has 1 saturated heterocycles. The van der Waals surface area contributed by atoms with Crippen LogP contribution in [0.4, 0.5) is 5.82 Å². The van der Waals surface area contributed by atoms with Crippen molar-refractivity contribution in [2.24, 2.45) is 11.8 Å². The lowest BCUT2D eigenvalue weighted by atomic mass is 9.77. The van der Waals surface area contributed by atoms with Crippen LogP contribution in [0, 0.1) is 11.8 Å². The Morgan fingerprint density at radius 1 is 1.31 bits per heavy atom. The maximum absolute atomic E-state index is 12.6. The summed E-state index contributed by atoms with van der Waals surface area (Å²) in [7, 11) is 0. The number of fused-ring (bicyclic) bond motifs is 1. The van der Waals surface area contributed by atoms with Crippen LogP contribution in [0.1, 0.15) is 24.8 Å². The van der Waals surface area contributed by atoms with Gasteiger partial charge in [-0.15, -0.1) is 0 Å². The lowest BCUT2D eigenvalue weighted by Crippen LogP contribution is -2.43. The summed E-state index contributed by atoms with van der Waals surface area (Å²) in [6, 6.07) is 2.05. The zero-order valence-electron chi connectivity index (χ0n) is 14.6. The van der Waals surface area contributed by atoms with Crippen molar-refractivity contribution in [3.63, 3.8) is 0 Å². The molecule has 0 radical (unpaired) electrons. The number of aliphatic hydroxyl groups excluding tert-OH is 1. The fraction of sp³-hybridized carbons (Fsp3) is 0.526. The number of aliphatic hydroxyl groups is 1. The summed E-state index contributed by atoms with van der Waals surface area (Å²) < 4.78 is 0. The summed E-state index contributed by atoms with van der Waals surface area (Å²) in [6.07, 6.45) is 7.51. The van der Waals surface area contributed by atoms with Crippen LogP contribution in [0.3, 0.4) is 0 Å². The Kier molecular flexibility index (Phi) is 5.17. The average Bonchev–Trinajstić information content (AvgIpc) is 3.30. The predicted molar refractivity (Wildman–Crippen MR) is 101 cm³/mol. The molecule has 2 fully saturated rings. The van der Waals surface area contributed by atoms with E-state index in [-0.39, 0.29) is 11.9 Å². The Hall–Kier alpha value is -1.99. The number of anilines is 1. The summed E-state index contributed by atoms with van der Waals surface area (Å²) in [5, 5.41) is 18.0. The van der Waals surface area contributed by atoms with Crippen molar-refractivity contribution in [2.75, 3.05) is 18.4 Å². The number of likely N-dealkylation sites (tertiary alicyclic amines) is 1. The number of thiophene rings is 1. The van der Waals surface area contributed by atoms with Gasteiger partial charge in [-0.3, -0.25) is 9.78 Å². The molecule has 4 rings (SSSR count). The molecular weight excluding hydrogens is 348 g/mol. The van der Waals surface area contributed by atoms with Gasteiger partial charge in [-0.25, -0.2) is 4.98 Å². The van der Waals surface area contributed by atoms with E-state index in [9.17, 15) is 9.90 Å². The van der Waals surface area contributed by atoms with E-state index in [2.05, 4.69) is 32.1 Å². The largest absolute Gasteiger partial charge is 0.391 e. The first-order valence-corrected chi connectivity index (χ1v) is 10.1. The highest BCUT2D eigenvalue weighted by Crippen LogP contribution is 2.37. The molecule has 2 aromatic rings. The van der Waals surface area contributed by atoms with Crippen LogP contribution < -0.4 is 5.32 Å². The number of aryl methyl sites for hydroxylation is 1. The van der Waals surface area contributed by atoms with Gasteiger partial charge in [0.05, 0.1) is 18.3 Å². The molecule has 0 bridgehead atoms. The van der Waals surface area contributed by atoms with E-state index >= 15 is 0 Å². The number of aromatic nitrogens is 2. The number of carbonyl (C=O) groups excluding carboxylic acids is 1. The Morgan fingerprint density at radius 2 is 2.15 bits per heavy atom. The standard InChI is InChI=1S/C19H24N4O2S/c24-17-8-15-11-23(19(25)2-1-13-3-6-26-12-13)10-14(15)7-16(17)22-18-9-20-4-5-21-18/h3-6,9,12,14-17,24H,1-2,7-8,10-11H2,(H,21,22)/t14-,15+,16-,17-/m1/s1. The van der Waals surface area contributed by atoms with Crippen molar-refractivity contribution in [1.29, 1.82) is 0 Å². The molecule has 7 heteroatoms. The number of carbonyl (C=O) groups is 1. The molecule has 2 N–H and O–H groups in total. The zero-order valence-corrected chi connectivity index (χ0v) is 15.4. The lowest BCUT2D eigenvalue weighted by molar-refractivity contribution is -0.130. The Bertz CT molecular complexity index is 724. The molecule has 1 amide bonds. The molecule has 1 aliphatic carbocycles. The first kappa shape index (κ1) is 17.4. The van der Waals surface area contributed by atoms with E-state index in [0.717, 1.165) is 32.4 Å². The summed E-state index contributed by atoms with van der Waals surface area (Å²) in [4.78, 5) is 22.9. The number of nitrogens with one attached hydrogen (secondary N) is 1. The lowest BCUT2D eigenvalue weighted by Gasteiger charge is -2.35. The molecule has 2 aromatic heterocycles. The van der Waals surface area contributed by atoms with Gasteiger partial charge in [0.2, 0.25) is 5.91 Å². The van der Waals surface area contributed by atoms with Crippen molar-refractivity contribution >= 4 is 23.1 Å². The summed E-state index contributed by atoms with van der Waals surface area (Å²) in [5.41, 5.74) is 1.24. The second kappa shape index (κ2) is 7.72. The summed E-state index contributed by atoms with van der Waals surface area (Å²) in [6.45, 7) is 1.58. The average molecular weight is 372 g/mol. The van der Waals surface area contributed by atoms with Crippen LogP contribution >= 0.6 is 11.3 Å². The highest BCUT2D eigenvalue weighted by atomic mass is 32.1. The van der Waals surface area contributed by atoms with Gasteiger partial charge in [0.25, 0.3) is 0 Å². The zero-order chi connectivity index (χ0) is 17.9. The Balaban J connectivity index is 1.32. The van der Waals surface area contributed by atoms with E-state index in [4.69, 9.17) is 0 Å². The molecule has 3 heterocycles. The van der Waals surface area contributed by atoms with Gasteiger partial charge >= 0.3 is 0 Å². The molecule has 138 valence electrons. The van der Waals surface area contributed by atoms with Crippen LogP contribution in [0.2, 0.25) is 0 Å². The number of hydrogen-bond acceptors (Lipinski definition) is 6. The van der Waals surface area contributed by atoms with Crippen molar-refractivity contribution in [1.82, 2.24) is 14.9 Å². The number of nitrogens with zero attached hydrogens (tertiary/aromatic N) is 3. The highest BCUT2D eigenvalue weighted by molar-refractivity contribution is 7.07. The monoisotopic (exact) mass is 372 g/mol. The third kappa shape index (κ3) is 3.88. The van der Waals surface area contributed by atoms with Gasteiger partial charge < -0.3 is 15.3 Å². The van der Waals surface area contributed by atoms with Crippen LogP contribution in [0.25, 0.3) is 0 Å². The van der Waals surface area contributed by atoms with E-state index < -0.39 is 6.10 Å². The third-order valence-electron chi connectivity index (χ3n) is 5.60. The highest BCUT2D eigenvalue weighted by Gasteiger charge is 2.42. The first-order valence-electron chi connectivity index (χ1n) is 9.18. The quantitative estimate of drug-likeness (QED) is 0.841. The molecule has 4 atom stereocenters. The van der Waals surface area contributed by atoms with Crippen LogP contribution in [-0.2, 0) is 11.2 Å². The fourth-order valence-electron chi connectivity index (χ4n) is 4.20. The van der Waals surface area contributed by atoms with Crippen LogP contribution in [-0.4, -0.2) is 51.1 Å². The second-order valence-electron chi connectivity index (χ2n) is 7.33. The predicted octanol–water partition coefficient (Wildman–Crippen LogP) is 2.18. The fourth-order valence-corrected chi connectivity index (χ4v) is 4.90. The Labute approximate surface area is 157 Å². The van der Waals surface area contributed by atoms with E-state index in [1.54, 1.807) is 29.9 Å². The number of rotatable bonds is 5. The minimum atomic E-state index is -0.417. The molecular formula is C19H24N4O2S. The molecule has 0 spiro atoms. The number of amides is 1. The number of hydrogen-bond donors (Lipinski definition) is 2. The third-order valence-corrected chi connectivity index (χ3v) is 6.33. The van der Waals surface area contributed by atoms with Crippen molar-refractivity contribution in [3.05, 3.63) is 41.0 Å². The van der Waals surface area contributed by atoms with Crippen molar-refractivity contribution in [3.8, 4) is 0 Å².